The van der Waals surface area contributed by atoms with E-state index < -0.39 is 11.9 Å². The van der Waals surface area contributed by atoms with Crippen molar-refractivity contribution in [2.45, 2.75) is 0 Å². The maximum absolute atomic E-state index is 11.2. The number of nitrogens with zero attached hydrogens (tertiary/aromatic N) is 2. The minimum Gasteiger partial charge on any atom is -0.467 e. The average molecular weight is 281 g/mol. The Labute approximate surface area is 112 Å². The second kappa shape index (κ2) is 5.49. The fourth-order valence-electron chi connectivity index (χ4n) is 1.45. The highest BCUT2D eigenvalue weighted by atomic mass is 35.5. The number of aromatic nitrogens is 2. The summed E-state index contributed by atoms with van der Waals surface area (Å²) in [4.78, 5) is 29.6. The van der Waals surface area contributed by atoms with Crippen LogP contribution in [-0.4, -0.2) is 28.5 Å². The molecule has 3 amide bonds. The first-order valence-electron chi connectivity index (χ1n) is 5.19. The lowest BCUT2D eigenvalue weighted by molar-refractivity contribution is -0.121. The first kappa shape index (κ1) is 13.0. The third-order valence-electron chi connectivity index (χ3n) is 2.18. The number of rotatable bonds is 3. The molecular weight excluding hydrogens is 272 g/mol. The van der Waals surface area contributed by atoms with Gasteiger partial charge in [-0.1, -0.05) is 17.7 Å². The molecule has 7 nitrogen and oxygen atoms in total. The van der Waals surface area contributed by atoms with Gasteiger partial charge in [-0.2, -0.15) is 0 Å². The van der Waals surface area contributed by atoms with Crippen molar-refractivity contribution in [1.29, 1.82) is 0 Å². The Bertz CT molecular complexity index is 647. The zero-order valence-corrected chi connectivity index (χ0v) is 10.3. The molecule has 0 unspecified atom stereocenters. The second-order valence-corrected chi connectivity index (χ2v) is 3.92. The van der Waals surface area contributed by atoms with Crippen molar-refractivity contribution < 1.29 is 14.3 Å². The third kappa shape index (κ3) is 3.08. The first-order valence-corrected chi connectivity index (χ1v) is 5.57. The minimum absolute atomic E-state index is 0.201. The van der Waals surface area contributed by atoms with Gasteiger partial charge in [0, 0.05) is 0 Å². The van der Waals surface area contributed by atoms with E-state index in [2.05, 4.69) is 9.97 Å². The van der Waals surface area contributed by atoms with Crippen LogP contribution >= 0.6 is 11.6 Å². The minimum atomic E-state index is -0.941. The van der Waals surface area contributed by atoms with Crippen molar-refractivity contribution in [3.8, 4) is 5.88 Å². The number of halogens is 1. The van der Waals surface area contributed by atoms with Crippen LogP contribution in [0.5, 0.6) is 5.88 Å². The maximum atomic E-state index is 11.2. The summed E-state index contributed by atoms with van der Waals surface area (Å²) in [6.07, 6.45) is 1.27. The van der Waals surface area contributed by atoms with Gasteiger partial charge in [-0.15, -0.1) is 0 Å². The number of carbonyl (C=O) groups excluding carboxylic acids is 2. The van der Waals surface area contributed by atoms with E-state index in [1.165, 1.54) is 6.33 Å². The fourth-order valence-corrected chi connectivity index (χ4v) is 1.67. The van der Waals surface area contributed by atoms with E-state index in [0.29, 0.717) is 15.9 Å². The molecule has 0 atom stereocenters. The number of nitrogens with two attached hydrogens (primary N) is 1. The van der Waals surface area contributed by atoms with Gasteiger partial charge in [-0.25, -0.2) is 14.8 Å². The molecule has 0 aliphatic rings. The van der Waals surface area contributed by atoms with Gasteiger partial charge >= 0.3 is 6.03 Å². The molecule has 0 radical (unpaired) electrons. The Morgan fingerprint density at radius 3 is 2.89 bits per heavy atom. The lowest BCUT2D eigenvalue weighted by atomic mass is 10.2. The van der Waals surface area contributed by atoms with Crippen molar-refractivity contribution >= 4 is 34.4 Å². The lowest BCUT2D eigenvalue weighted by Crippen LogP contribution is -2.38. The Kier molecular flexibility index (Phi) is 3.76. The van der Waals surface area contributed by atoms with Crippen LogP contribution in [0.2, 0.25) is 5.02 Å². The number of amides is 3. The third-order valence-corrected chi connectivity index (χ3v) is 2.49. The van der Waals surface area contributed by atoms with Crippen molar-refractivity contribution in [2.24, 2.45) is 5.73 Å². The van der Waals surface area contributed by atoms with E-state index in [9.17, 15) is 9.59 Å². The molecule has 8 heteroatoms. The topological polar surface area (TPSA) is 107 Å². The zero-order chi connectivity index (χ0) is 13.8. The number of ether oxygens (including phenoxy) is 1. The highest BCUT2D eigenvalue weighted by molar-refractivity contribution is 6.35. The number of imide groups is 1. The van der Waals surface area contributed by atoms with Gasteiger partial charge in [0.05, 0.1) is 15.9 Å². The molecule has 2 rings (SSSR count). The summed E-state index contributed by atoms with van der Waals surface area (Å²) in [6.45, 7) is -0.387. The lowest BCUT2D eigenvalue weighted by Gasteiger charge is -2.07. The van der Waals surface area contributed by atoms with E-state index in [1.54, 1.807) is 18.2 Å². The molecule has 2 aromatic rings. The molecule has 0 saturated carbocycles. The SMILES string of the molecule is NC(=O)NC(=O)COc1ncnc2c(Cl)cccc12. The predicted octanol–water partition coefficient (Wildman–Crippen LogP) is 0.857. The van der Waals surface area contributed by atoms with Crippen molar-refractivity contribution in [1.82, 2.24) is 15.3 Å². The molecule has 3 N–H and O–H groups in total. The van der Waals surface area contributed by atoms with E-state index in [0.717, 1.165) is 0 Å². The number of carbonyl (C=O) groups is 2. The van der Waals surface area contributed by atoms with E-state index in [4.69, 9.17) is 22.1 Å². The van der Waals surface area contributed by atoms with Gasteiger partial charge in [0.1, 0.15) is 6.33 Å². The molecule has 0 aliphatic carbocycles. The summed E-state index contributed by atoms with van der Waals surface area (Å²) in [6, 6.07) is 4.16. The Hall–Kier alpha value is -2.41. The summed E-state index contributed by atoms with van der Waals surface area (Å²) in [5, 5.41) is 2.90. The van der Waals surface area contributed by atoms with E-state index >= 15 is 0 Å². The summed E-state index contributed by atoms with van der Waals surface area (Å²) in [7, 11) is 0. The smallest absolute Gasteiger partial charge is 0.318 e. The molecule has 0 fully saturated rings. The highest BCUT2D eigenvalue weighted by Crippen LogP contribution is 2.26. The molecule has 1 aromatic carbocycles. The number of hydrogen-bond donors (Lipinski definition) is 2. The van der Waals surface area contributed by atoms with Crippen molar-refractivity contribution in [3.05, 3.63) is 29.5 Å². The first-order chi connectivity index (χ1) is 9.08. The average Bonchev–Trinajstić information content (AvgIpc) is 2.36. The quantitative estimate of drug-likeness (QED) is 0.867. The van der Waals surface area contributed by atoms with Crippen LogP contribution in [0.25, 0.3) is 10.9 Å². The molecular formula is C11H9ClN4O3. The van der Waals surface area contributed by atoms with Crippen LogP contribution in [0.15, 0.2) is 24.5 Å². The van der Waals surface area contributed by atoms with Crippen molar-refractivity contribution in [2.75, 3.05) is 6.61 Å². The molecule has 0 spiro atoms. The van der Waals surface area contributed by atoms with Crippen LogP contribution in [0.1, 0.15) is 0 Å². The Morgan fingerprint density at radius 1 is 1.37 bits per heavy atom. The predicted molar refractivity (Wildman–Crippen MR) is 67.8 cm³/mol. The molecule has 98 valence electrons. The van der Waals surface area contributed by atoms with Gasteiger partial charge in [-0.3, -0.25) is 10.1 Å². The number of hydrogen-bond acceptors (Lipinski definition) is 5. The Balaban J connectivity index is 2.19. The van der Waals surface area contributed by atoms with Gasteiger partial charge in [0.15, 0.2) is 6.61 Å². The number of para-hydroxylation sites is 1. The van der Waals surface area contributed by atoms with Crippen LogP contribution in [0.3, 0.4) is 0 Å². The van der Waals surface area contributed by atoms with Gasteiger partial charge < -0.3 is 10.5 Å². The van der Waals surface area contributed by atoms with Gasteiger partial charge in [0.25, 0.3) is 5.91 Å². The fraction of sp³-hybridized carbons (Fsp3) is 0.0909. The van der Waals surface area contributed by atoms with Crippen LogP contribution in [-0.2, 0) is 4.79 Å². The monoisotopic (exact) mass is 280 g/mol. The van der Waals surface area contributed by atoms with Gasteiger partial charge in [-0.05, 0) is 12.1 Å². The summed E-state index contributed by atoms with van der Waals surface area (Å²) >= 11 is 5.97. The standard InChI is InChI=1S/C11H9ClN4O3/c12-7-3-1-2-6-9(7)14-5-15-10(6)19-4-8(17)16-11(13)18/h1-3,5H,4H2,(H3,13,16,17,18). The highest BCUT2D eigenvalue weighted by Gasteiger charge is 2.10. The largest absolute Gasteiger partial charge is 0.467 e. The maximum Gasteiger partial charge on any atom is 0.318 e. The molecule has 1 heterocycles. The number of fused-ring (bicyclic) bond motifs is 1. The number of nitrogens with one attached hydrogen (secondary N) is 1. The normalized spacial score (nSPS) is 10.2. The molecule has 1 aromatic heterocycles. The summed E-state index contributed by atoms with van der Waals surface area (Å²) < 4.78 is 5.21. The van der Waals surface area contributed by atoms with Crippen LogP contribution in [0, 0.1) is 0 Å². The van der Waals surface area contributed by atoms with Crippen LogP contribution in [0.4, 0.5) is 4.79 Å². The zero-order valence-electron chi connectivity index (χ0n) is 9.59. The Morgan fingerprint density at radius 2 is 2.16 bits per heavy atom. The van der Waals surface area contributed by atoms with Crippen molar-refractivity contribution in [3.63, 3.8) is 0 Å². The second-order valence-electron chi connectivity index (χ2n) is 3.52. The summed E-state index contributed by atoms with van der Waals surface area (Å²) in [5.41, 5.74) is 5.32. The van der Waals surface area contributed by atoms with Gasteiger partial charge in [0.2, 0.25) is 5.88 Å². The van der Waals surface area contributed by atoms with E-state index in [-0.39, 0.29) is 12.5 Å². The molecule has 0 bridgehead atoms. The number of primary amides is 1. The number of benzene rings is 1. The molecule has 0 aliphatic heterocycles. The molecule has 0 saturated heterocycles. The summed E-state index contributed by atoms with van der Waals surface area (Å²) in [5.74, 6) is -0.464. The molecule has 19 heavy (non-hydrogen) atoms. The number of urea groups is 1. The van der Waals surface area contributed by atoms with Crippen LogP contribution < -0.4 is 15.8 Å². The van der Waals surface area contributed by atoms with E-state index in [1.807, 2.05) is 5.32 Å².